The Bertz CT molecular complexity index is 1540. The van der Waals surface area contributed by atoms with E-state index in [-0.39, 0.29) is 23.8 Å². The highest BCUT2D eigenvalue weighted by Gasteiger charge is 2.38. The maximum absolute atomic E-state index is 13.5. The normalized spacial score (nSPS) is 17.4. The van der Waals surface area contributed by atoms with Crippen LogP contribution in [0.3, 0.4) is 0 Å². The van der Waals surface area contributed by atoms with E-state index in [0.29, 0.717) is 28.3 Å². The number of amides is 1. The van der Waals surface area contributed by atoms with E-state index in [9.17, 15) is 18.0 Å². The Morgan fingerprint density at radius 2 is 1.80 bits per heavy atom. The fraction of sp³-hybridized carbons (Fsp3) is 0.385. The minimum Gasteiger partial charge on any atom is -0.475 e. The van der Waals surface area contributed by atoms with Crippen LogP contribution in [0.15, 0.2) is 41.2 Å². The van der Waals surface area contributed by atoms with Crippen molar-refractivity contribution in [1.29, 1.82) is 0 Å². The summed E-state index contributed by atoms with van der Waals surface area (Å²) >= 11 is 0. The molecule has 1 aliphatic carbocycles. The maximum Gasteiger partial charge on any atom is 0.490 e. The third kappa shape index (κ3) is 5.84. The highest BCUT2D eigenvalue weighted by Crippen LogP contribution is 2.40. The number of pyridine rings is 1. The van der Waals surface area contributed by atoms with Gasteiger partial charge >= 0.3 is 12.1 Å². The van der Waals surface area contributed by atoms with Gasteiger partial charge in [0.2, 0.25) is 0 Å². The number of carbonyl (C=O) groups is 2. The molecule has 216 valence electrons. The first kappa shape index (κ1) is 28.0. The van der Waals surface area contributed by atoms with Crippen LogP contribution in [-0.4, -0.2) is 67.1 Å². The van der Waals surface area contributed by atoms with Crippen molar-refractivity contribution in [3.05, 3.63) is 42.1 Å². The van der Waals surface area contributed by atoms with Gasteiger partial charge in [0.25, 0.3) is 5.91 Å². The van der Waals surface area contributed by atoms with E-state index in [4.69, 9.17) is 30.2 Å². The highest BCUT2D eigenvalue weighted by molar-refractivity contribution is 6.08. The van der Waals surface area contributed by atoms with Crippen molar-refractivity contribution in [3.63, 3.8) is 0 Å². The fourth-order valence-corrected chi connectivity index (χ4v) is 5.16. The van der Waals surface area contributed by atoms with Crippen LogP contribution in [0.1, 0.15) is 48.5 Å². The molecule has 2 aliphatic rings. The molecule has 4 heterocycles. The second-order valence-electron chi connectivity index (χ2n) is 9.79. The first-order chi connectivity index (χ1) is 19.6. The summed E-state index contributed by atoms with van der Waals surface area (Å²) in [6, 6.07) is 10.1. The first-order valence-electron chi connectivity index (χ1n) is 13.0. The lowest BCUT2D eigenvalue weighted by Gasteiger charge is -2.18. The summed E-state index contributed by atoms with van der Waals surface area (Å²) < 4.78 is 38.8. The molecule has 4 aromatic rings. The van der Waals surface area contributed by atoms with Crippen molar-refractivity contribution in [3.8, 4) is 22.8 Å². The molecule has 0 bridgehead atoms. The zero-order valence-corrected chi connectivity index (χ0v) is 21.7. The number of aliphatic carboxylic acids is 1. The van der Waals surface area contributed by atoms with Crippen LogP contribution in [0.25, 0.3) is 33.8 Å². The van der Waals surface area contributed by atoms with Crippen molar-refractivity contribution >= 4 is 28.7 Å². The second-order valence-corrected chi connectivity index (χ2v) is 9.79. The molecule has 1 aromatic carbocycles. The monoisotopic (exact) mass is 572 g/mol. The van der Waals surface area contributed by atoms with E-state index in [0.717, 1.165) is 56.3 Å². The standard InChI is InChI=1S/C24H26N8O2.C2HF3O2/c25-22-20(30-34-31-22)23-29-19-18(14-6-2-1-3-7-14)27-13-17(24(33)28-15-10-11-26-12-15)21(19)32(23)16-8-4-5-9-16;3-2(4,5)1(6)7/h1-3,6-7,13,15-16,26H,4-5,8-12H2,(H2,25,31)(H,28,33);(H,6,7). The topological polar surface area (TPSA) is 174 Å². The molecule has 6 rings (SSSR count). The average molecular weight is 573 g/mol. The minimum absolute atomic E-state index is 0.0917. The van der Waals surface area contributed by atoms with Crippen molar-refractivity contribution < 1.29 is 32.5 Å². The number of imidazole rings is 1. The summed E-state index contributed by atoms with van der Waals surface area (Å²) in [5.74, 6) is -2.18. The Labute approximate surface area is 231 Å². The number of alkyl halides is 3. The lowest BCUT2D eigenvalue weighted by atomic mass is 10.1. The predicted molar refractivity (Wildman–Crippen MR) is 141 cm³/mol. The van der Waals surface area contributed by atoms with Gasteiger partial charge in [-0.25, -0.2) is 14.4 Å². The second kappa shape index (κ2) is 11.5. The molecule has 3 aromatic heterocycles. The fourth-order valence-electron chi connectivity index (χ4n) is 5.16. The molecule has 5 N–H and O–H groups in total. The summed E-state index contributed by atoms with van der Waals surface area (Å²) in [7, 11) is 0. The Hall–Kier alpha value is -4.53. The van der Waals surface area contributed by atoms with Gasteiger partial charge in [-0.1, -0.05) is 43.2 Å². The van der Waals surface area contributed by atoms with Gasteiger partial charge in [-0.3, -0.25) is 9.78 Å². The van der Waals surface area contributed by atoms with E-state index >= 15 is 0 Å². The predicted octanol–water partition coefficient (Wildman–Crippen LogP) is 3.57. The summed E-state index contributed by atoms with van der Waals surface area (Å²) in [5.41, 5.74) is 10.0. The molecule has 12 nitrogen and oxygen atoms in total. The molecule has 1 amide bonds. The van der Waals surface area contributed by atoms with Crippen molar-refractivity contribution in [2.45, 2.75) is 50.4 Å². The van der Waals surface area contributed by atoms with Gasteiger partial charge in [0.1, 0.15) is 5.52 Å². The van der Waals surface area contributed by atoms with Gasteiger partial charge in [-0.2, -0.15) is 13.2 Å². The molecule has 41 heavy (non-hydrogen) atoms. The Kier molecular flexibility index (Phi) is 7.88. The number of benzene rings is 1. The summed E-state index contributed by atoms with van der Waals surface area (Å²) in [5, 5.41) is 21.4. The smallest absolute Gasteiger partial charge is 0.475 e. The number of nitrogens with two attached hydrogens (primary N) is 1. The van der Waals surface area contributed by atoms with Gasteiger partial charge in [-0.15, -0.1) is 0 Å². The minimum atomic E-state index is -5.08. The number of carboxylic acid groups (broad SMARTS) is 1. The van der Waals surface area contributed by atoms with Crippen molar-refractivity contribution in [2.24, 2.45) is 0 Å². The number of nitrogen functional groups attached to an aromatic ring is 1. The van der Waals surface area contributed by atoms with Crippen LogP contribution in [0.4, 0.5) is 19.0 Å². The number of hydrogen-bond acceptors (Lipinski definition) is 9. The number of carbonyl (C=O) groups excluding carboxylic acids is 1. The maximum atomic E-state index is 13.5. The van der Waals surface area contributed by atoms with Crippen LogP contribution in [0.5, 0.6) is 0 Å². The molecule has 1 aliphatic heterocycles. The van der Waals surface area contributed by atoms with Crippen LogP contribution in [0.2, 0.25) is 0 Å². The number of anilines is 1. The van der Waals surface area contributed by atoms with Crippen molar-refractivity contribution in [2.75, 3.05) is 18.8 Å². The van der Waals surface area contributed by atoms with E-state index in [2.05, 4.69) is 25.5 Å². The van der Waals surface area contributed by atoms with Crippen molar-refractivity contribution in [1.82, 2.24) is 35.5 Å². The number of rotatable bonds is 5. The first-order valence-corrected chi connectivity index (χ1v) is 13.0. The van der Waals surface area contributed by atoms with E-state index in [1.54, 1.807) is 6.20 Å². The van der Waals surface area contributed by atoms with Gasteiger partial charge in [-0.05, 0) is 36.1 Å². The number of halogens is 3. The Morgan fingerprint density at radius 3 is 2.39 bits per heavy atom. The molecule has 2 fully saturated rings. The molecule has 1 unspecified atom stereocenters. The molecule has 1 saturated heterocycles. The molecule has 15 heteroatoms. The Morgan fingerprint density at radius 1 is 1.10 bits per heavy atom. The SMILES string of the molecule is Nc1nonc1-c1nc2c(-c3ccccc3)ncc(C(=O)NC3CCNC3)c2n1C1CCCC1.O=C(O)C(F)(F)F. The summed E-state index contributed by atoms with van der Waals surface area (Å²) in [4.78, 5) is 32.1. The van der Waals surface area contributed by atoms with Crippen LogP contribution < -0.4 is 16.4 Å². The summed E-state index contributed by atoms with van der Waals surface area (Å²) in [6.07, 6.45) is 1.69. The zero-order chi connectivity index (χ0) is 29.1. The van der Waals surface area contributed by atoms with E-state index < -0.39 is 12.1 Å². The molecule has 0 spiro atoms. The molecule has 1 atom stereocenters. The Balaban J connectivity index is 0.000000431. The van der Waals surface area contributed by atoms with Gasteiger partial charge < -0.3 is 26.0 Å². The highest BCUT2D eigenvalue weighted by atomic mass is 19.4. The lowest BCUT2D eigenvalue weighted by Crippen LogP contribution is -2.36. The lowest BCUT2D eigenvalue weighted by molar-refractivity contribution is -0.192. The number of nitrogens with one attached hydrogen (secondary N) is 2. The number of fused-ring (bicyclic) bond motifs is 1. The molecular weight excluding hydrogens is 545 g/mol. The number of hydrogen-bond donors (Lipinski definition) is 4. The van der Waals surface area contributed by atoms with Gasteiger partial charge in [0, 0.05) is 30.4 Å². The van der Waals surface area contributed by atoms with Crippen LogP contribution in [0, 0.1) is 0 Å². The molecule has 1 saturated carbocycles. The number of nitrogens with zero attached hydrogens (tertiary/aromatic N) is 5. The quantitative estimate of drug-likeness (QED) is 0.277. The number of carboxylic acids is 1. The zero-order valence-electron chi connectivity index (χ0n) is 21.7. The summed E-state index contributed by atoms with van der Waals surface area (Å²) in [6.45, 7) is 1.66. The molecular formula is C26H27F3N8O4. The van der Waals surface area contributed by atoms with Crippen LogP contribution in [-0.2, 0) is 4.79 Å². The largest absolute Gasteiger partial charge is 0.490 e. The van der Waals surface area contributed by atoms with E-state index in [1.165, 1.54) is 0 Å². The third-order valence-corrected chi connectivity index (χ3v) is 7.06. The van der Waals surface area contributed by atoms with E-state index in [1.807, 2.05) is 30.3 Å². The van der Waals surface area contributed by atoms with Gasteiger partial charge in [0.15, 0.2) is 17.3 Å². The third-order valence-electron chi connectivity index (χ3n) is 7.06. The van der Waals surface area contributed by atoms with Crippen LogP contribution >= 0.6 is 0 Å². The van der Waals surface area contributed by atoms with Gasteiger partial charge in [0.05, 0.1) is 16.8 Å². The molecule has 0 radical (unpaired) electrons. The number of aromatic nitrogens is 5. The average Bonchev–Trinajstić information content (AvgIpc) is 3.75.